The second kappa shape index (κ2) is 17.4. The van der Waals surface area contributed by atoms with Gasteiger partial charge in [-0.05, 0) is 104 Å². The van der Waals surface area contributed by atoms with Gasteiger partial charge in [-0.3, -0.25) is 9.69 Å². The van der Waals surface area contributed by atoms with Gasteiger partial charge in [0.1, 0.15) is 5.75 Å². The standard InChI is InChI=1S/C46H52F3NO6/c1-31-7-6-23-44(2)42(22-24-45(44,55)30-50(28-38(53)29-51)27-32-11-19-39(20-12-32)56-46(47,48)49)40-21-13-33(25-37(52)18-10-31)26-41(40)43(54)36-16-14-35(15-17-36)34-8-4-3-5-9-34/h3-5,7-9,11-17,19-21,26,37-38,42,51-53,55H,6,10,18,22-25,27-30H2,1-2H3/t37-,38-,42-,44-,45+/m0/s1. The van der Waals surface area contributed by atoms with Crippen molar-refractivity contribution < 1.29 is 43.1 Å². The van der Waals surface area contributed by atoms with Crippen molar-refractivity contribution in [3.63, 3.8) is 0 Å². The van der Waals surface area contributed by atoms with E-state index < -0.39 is 36.2 Å². The van der Waals surface area contributed by atoms with Crippen LogP contribution in [0.25, 0.3) is 11.1 Å². The molecule has 0 aromatic heterocycles. The van der Waals surface area contributed by atoms with Crippen LogP contribution < -0.4 is 4.74 Å². The van der Waals surface area contributed by atoms with Crippen molar-refractivity contribution in [2.75, 3.05) is 19.7 Å². The predicted octanol–water partition coefficient (Wildman–Crippen LogP) is 8.38. The molecule has 4 aromatic rings. The quantitative estimate of drug-likeness (QED) is 0.0897. The number of aliphatic hydroxyl groups is 4. The molecule has 0 spiro atoms. The monoisotopic (exact) mass is 771 g/mol. The van der Waals surface area contributed by atoms with E-state index >= 15 is 0 Å². The van der Waals surface area contributed by atoms with E-state index in [-0.39, 0.29) is 37.1 Å². The van der Waals surface area contributed by atoms with Crippen LogP contribution in [0.3, 0.4) is 0 Å². The summed E-state index contributed by atoms with van der Waals surface area (Å²) in [6.45, 7) is 3.93. The number of fused-ring (bicyclic) bond motifs is 8. The zero-order chi connectivity index (χ0) is 40.1. The number of alkyl halides is 3. The van der Waals surface area contributed by atoms with E-state index in [0.29, 0.717) is 61.6 Å². The van der Waals surface area contributed by atoms with Gasteiger partial charge in [-0.2, -0.15) is 0 Å². The Morgan fingerprint density at radius 1 is 0.946 bits per heavy atom. The number of ether oxygens (including phenoxy) is 1. The highest BCUT2D eigenvalue weighted by Gasteiger charge is 2.57. The highest BCUT2D eigenvalue weighted by atomic mass is 19.4. The van der Waals surface area contributed by atoms with Gasteiger partial charge in [-0.1, -0.05) is 97.4 Å². The van der Waals surface area contributed by atoms with Crippen LogP contribution in [0.2, 0.25) is 0 Å². The Kier molecular flexibility index (Phi) is 12.9. The van der Waals surface area contributed by atoms with Crippen LogP contribution in [-0.4, -0.2) is 75.0 Å². The summed E-state index contributed by atoms with van der Waals surface area (Å²) in [6.07, 6.45) is -0.471. The normalized spacial score (nSPS) is 23.6. The summed E-state index contributed by atoms with van der Waals surface area (Å²) in [4.78, 5) is 16.4. The number of hydrogen-bond acceptors (Lipinski definition) is 7. The van der Waals surface area contributed by atoms with Gasteiger partial charge in [0.2, 0.25) is 0 Å². The lowest BCUT2D eigenvalue weighted by Gasteiger charge is -2.46. The number of ketones is 1. The summed E-state index contributed by atoms with van der Waals surface area (Å²) in [6, 6.07) is 28.9. The van der Waals surface area contributed by atoms with E-state index in [4.69, 9.17) is 0 Å². The molecule has 10 heteroatoms. The van der Waals surface area contributed by atoms with Gasteiger partial charge in [0.05, 0.1) is 24.4 Å². The van der Waals surface area contributed by atoms with Crippen molar-refractivity contribution in [2.24, 2.45) is 5.41 Å². The Morgan fingerprint density at radius 3 is 2.32 bits per heavy atom. The number of rotatable bonds is 11. The maximum atomic E-state index is 14.6. The third kappa shape index (κ3) is 9.79. The molecule has 0 saturated heterocycles. The summed E-state index contributed by atoms with van der Waals surface area (Å²) in [5.74, 6) is -0.731. The minimum absolute atomic E-state index is 0.0130. The van der Waals surface area contributed by atoms with Crippen molar-refractivity contribution >= 4 is 5.78 Å². The molecule has 1 fully saturated rings. The second-order valence-electron chi connectivity index (χ2n) is 15.9. The van der Waals surface area contributed by atoms with E-state index in [1.807, 2.05) is 77.7 Å². The number of halogens is 3. The Hall–Kier alpha value is -4.32. The van der Waals surface area contributed by atoms with Crippen LogP contribution in [0.4, 0.5) is 13.2 Å². The molecule has 2 bridgehead atoms. The van der Waals surface area contributed by atoms with E-state index in [1.54, 1.807) is 0 Å². The van der Waals surface area contributed by atoms with Gasteiger partial charge >= 0.3 is 6.36 Å². The summed E-state index contributed by atoms with van der Waals surface area (Å²) in [7, 11) is 0. The summed E-state index contributed by atoms with van der Waals surface area (Å²) in [5.41, 5.74) is 4.50. The molecule has 0 unspecified atom stereocenters. The maximum absolute atomic E-state index is 14.6. The Labute approximate surface area is 327 Å². The fraction of sp³-hybridized carbons (Fsp3) is 0.413. The zero-order valence-corrected chi connectivity index (χ0v) is 32.0. The predicted molar refractivity (Wildman–Crippen MR) is 210 cm³/mol. The molecule has 7 rings (SSSR count). The lowest BCUT2D eigenvalue weighted by atomic mass is 9.64. The van der Waals surface area contributed by atoms with Crippen LogP contribution in [0, 0.1) is 5.41 Å². The van der Waals surface area contributed by atoms with E-state index in [2.05, 4.69) is 24.7 Å². The Morgan fingerprint density at radius 2 is 1.64 bits per heavy atom. The molecule has 56 heavy (non-hydrogen) atoms. The fourth-order valence-electron chi connectivity index (χ4n) is 8.76. The van der Waals surface area contributed by atoms with Crippen molar-refractivity contribution in [1.29, 1.82) is 0 Å². The van der Waals surface area contributed by atoms with Crippen molar-refractivity contribution in [3.05, 3.63) is 137 Å². The molecule has 298 valence electrons. The summed E-state index contributed by atoms with van der Waals surface area (Å²) in [5, 5.41) is 44.3. The molecule has 0 amide bonds. The van der Waals surface area contributed by atoms with Crippen molar-refractivity contribution in [3.8, 4) is 16.9 Å². The van der Waals surface area contributed by atoms with Gasteiger partial charge < -0.3 is 25.2 Å². The summed E-state index contributed by atoms with van der Waals surface area (Å²) < 4.78 is 42.5. The number of nitrogens with zero attached hydrogens (tertiary/aromatic N) is 1. The third-order valence-corrected chi connectivity index (χ3v) is 11.9. The molecular formula is C46H52F3NO6. The van der Waals surface area contributed by atoms with Crippen LogP contribution >= 0.6 is 0 Å². The molecule has 3 aliphatic rings. The highest BCUT2D eigenvalue weighted by Crippen LogP contribution is 2.59. The van der Waals surface area contributed by atoms with Crippen LogP contribution in [0.15, 0.2) is 109 Å². The van der Waals surface area contributed by atoms with Crippen molar-refractivity contribution in [1.82, 2.24) is 4.90 Å². The molecule has 0 heterocycles. The van der Waals surface area contributed by atoms with Gasteiger partial charge in [0.25, 0.3) is 0 Å². The first-order valence-electron chi connectivity index (χ1n) is 19.4. The Balaban J connectivity index is 1.37. The topological polar surface area (TPSA) is 110 Å². The average molecular weight is 772 g/mol. The summed E-state index contributed by atoms with van der Waals surface area (Å²) >= 11 is 0. The highest BCUT2D eigenvalue weighted by molar-refractivity contribution is 6.10. The fourth-order valence-corrected chi connectivity index (χ4v) is 8.76. The molecule has 5 atom stereocenters. The van der Waals surface area contributed by atoms with Gasteiger partial charge in [-0.25, -0.2) is 0 Å². The number of hydrogen-bond donors (Lipinski definition) is 4. The second-order valence-corrected chi connectivity index (χ2v) is 15.9. The molecule has 0 radical (unpaired) electrons. The largest absolute Gasteiger partial charge is 0.573 e. The first-order chi connectivity index (χ1) is 26.7. The maximum Gasteiger partial charge on any atom is 0.573 e. The van der Waals surface area contributed by atoms with Gasteiger partial charge in [-0.15, -0.1) is 13.2 Å². The molecular weight excluding hydrogens is 720 g/mol. The number of carbonyl (C=O) groups excluding carboxylic acids is 1. The van der Waals surface area contributed by atoms with Crippen LogP contribution in [0.1, 0.15) is 90.9 Å². The molecule has 3 aliphatic carbocycles. The lowest BCUT2D eigenvalue weighted by Crippen LogP contribution is -2.53. The smallest absolute Gasteiger partial charge is 0.406 e. The number of carbonyl (C=O) groups is 1. The van der Waals surface area contributed by atoms with Crippen LogP contribution in [-0.2, 0) is 13.0 Å². The molecule has 7 nitrogen and oxygen atoms in total. The lowest BCUT2D eigenvalue weighted by molar-refractivity contribution is -0.274. The van der Waals surface area contributed by atoms with Crippen molar-refractivity contribution in [2.45, 2.75) is 95.4 Å². The molecule has 1 saturated carbocycles. The van der Waals surface area contributed by atoms with E-state index in [0.717, 1.165) is 27.8 Å². The van der Waals surface area contributed by atoms with Gasteiger partial charge in [0.15, 0.2) is 5.78 Å². The van der Waals surface area contributed by atoms with Crippen LogP contribution in [0.5, 0.6) is 5.75 Å². The first-order valence-corrected chi connectivity index (χ1v) is 19.4. The Bertz CT molecular complexity index is 1970. The molecule has 4 aromatic carbocycles. The minimum Gasteiger partial charge on any atom is -0.406 e. The molecule has 4 N–H and O–H groups in total. The SMILES string of the molecule is CC1=CCC[C@@]2(C)[C@@H](CC[C@@]2(O)CN(Cc2ccc(OC(F)(F)F)cc2)C[C@H](O)CO)c2ccc(cc2C(=O)c2ccc(-c3ccccc3)cc2)C[C@@H](O)CC1. The zero-order valence-electron chi connectivity index (χ0n) is 32.0. The number of aliphatic hydroxyl groups excluding tert-OH is 3. The van der Waals surface area contributed by atoms with E-state index in [9.17, 15) is 38.4 Å². The average Bonchev–Trinajstić information content (AvgIpc) is 3.42. The number of allylic oxidation sites excluding steroid dienone is 2. The van der Waals surface area contributed by atoms with Gasteiger partial charge in [0, 0.05) is 36.2 Å². The number of benzene rings is 4. The third-order valence-electron chi connectivity index (χ3n) is 11.9. The first kappa shape index (κ1) is 41.3. The van der Waals surface area contributed by atoms with E-state index in [1.165, 1.54) is 24.3 Å². The molecule has 0 aliphatic heterocycles. The minimum atomic E-state index is -4.82.